The lowest BCUT2D eigenvalue weighted by Gasteiger charge is -2.23. The minimum absolute atomic E-state index is 0.0151. The predicted octanol–water partition coefficient (Wildman–Crippen LogP) is 4.83. The van der Waals surface area contributed by atoms with Crippen molar-refractivity contribution in [2.45, 2.75) is 23.7 Å². The summed E-state index contributed by atoms with van der Waals surface area (Å²) in [6.45, 7) is 0. The maximum Gasteiger partial charge on any atom is 0.173 e. The van der Waals surface area contributed by atoms with Crippen molar-refractivity contribution in [1.29, 1.82) is 0 Å². The molecular weight excluding hydrogens is 299 g/mol. The maximum atomic E-state index is 13.7. The summed E-state index contributed by atoms with van der Waals surface area (Å²) in [5.74, 6) is -0.478. The summed E-state index contributed by atoms with van der Waals surface area (Å²) in [6, 6.07) is 15.9. The molecule has 1 atom stereocenters. The van der Waals surface area contributed by atoms with Crippen LogP contribution in [0.3, 0.4) is 0 Å². The molecule has 4 heteroatoms. The summed E-state index contributed by atoms with van der Waals surface area (Å²) in [5, 5.41) is 10.2. The summed E-state index contributed by atoms with van der Waals surface area (Å²) >= 11 is 1.01. The zero-order valence-electron chi connectivity index (χ0n) is 11.8. The molecule has 3 rings (SSSR count). The summed E-state index contributed by atoms with van der Waals surface area (Å²) in [6.07, 6.45) is 0.747. The molecule has 0 aliphatic heterocycles. The van der Waals surface area contributed by atoms with Crippen LogP contribution in [0.2, 0.25) is 0 Å². The van der Waals surface area contributed by atoms with E-state index in [1.54, 1.807) is 18.2 Å². The second kappa shape index (κ2) is 6.36. The van der Waals surface area contributed by atoms with E-state index in [9.17, 15) is 14.3 Å². The number of halogens is 1. The Balaban J connectivity index is 1.84. The molecule has 0 bridgehead atoms. The van der Waals surface area contributed by atoms with Crippen LogP contribution in [0.1, 0.15) is 24.3 Å². The van der Waals surface area contributed by atoms with E-state index in [1.165, 1.54) is 6.07 Å². The highest BCUT2D eigenvalue weighted by atomic mass is 32.2. The van der Waals surface area contributed by atoms with Gasteiger partial charge in [-0.3, -0.25) is 4.79 Å². The summed E-state index contributed by atoms with van der Waals surface area (Å²) in [4.78, 5) is 13.0. The number of carbonyl (C=O) groups is 1. The number of thioether (sulfide) groups is 1. The van der Waals surface area contributed by atoms with Gasteiger partial charge in [0.1, 0.15) is 11.6 Å². The van der Waals surface area contributed by atoms with E-state index < -0.39 is 0 Å². The van der Waals surface area contributed by atoms with Crippen molar-refractivity contribution in [1.82, 2.24) is 0 Å². The highest BCUT2D eigenvalue weighted by Gasteiger charge is 2.29. The summed E-state index contributed by atoms with van der Waals surface area (Å²) in [7, 11) is 0. The van der Waals surface area contributed by atoms with E-state index in [0.29, 0.717) is 17.7 Å². The molecule has 2 aromatic rings. The average molecular weight is 314 g/mol. The number of hydrogen-bond donors (Lipinski definition) is 1. The van der Waals surface area contributed by atoms with Crippen molar-refractivity contribution < 1.29 is 14.3 Å². The SMILES string of the molecule is O=C1CC(c2ccccc2)CC(O)=C1Sc1ccccc1F. The average Bonchev–Trinajstić information content (AvgIpc) is 2.53. The van der Waals surface area contributed by atoms with Crippen molar-refractivity contribution >= 4 is 17.5 Å². The van der Waals surface area contributed by atoms with E-state index in [-0.39, 0.29) is 28.2 Å². The molecule has 2 nitrogen and oxygen atoms in total. The standard InChI is InChI=1S/C18H15FO2S/c19-14-8-4-5-9-17(14)22-18-15(20)10-13(11-16(18)21)12-6-2-1-3-7-12/h1-9,13,20H,10-11H2. The Kier molecular flexibility index (Phi) is 4.29. The highest BCUT2D eigenvalue weighted by molar-refractivity contribution is 8.04. The van der Waals surface area contributed by atoms with Crippen molar-refractivity contribution in [3.8, 4) is 0 Å². The molecular formula is C18H15FO2S. The van der Waals surface area contributed by atoms with Gasteiger partial charge < -0.3 is 5.11 Å². The molecule has 0 heterocycles. The zero-order valence-corrected chi connectivity index (χ0v) is 12.6. The fraction of sp³-hybridized carbons (Fsp3) is 0.167. The predicted molar refractivity (Wildman–Crippen MR) is 85.3 cm³/mol. The second-order valence-electron chi connectivity index (χ2n) is 5.25. The molecule has 22 heavy (non-hydrogen) atoms. The van der Waals surface area contributed by atoms with Gasteiger partial charge in [-0.05, 0) is 23.6 Å². The van der Waals surface area contributed by atoms with Crippen LogP contribution < -0.4 is 0 Å². The normalized spacial score (nSPS) is 18.6. The number of carbonyl (C=O) groups excluding carboxylic acids is 1. The Morgan fingerprint density at radius 2 is 1.68 bits per heavy atom. The Labute approximate surface area is 132 Å². The number of hydrogen-bond acceptors (Lipinski definition) is 3. The van der Waals surface area contributed by atoms with Crippen LogP contribution in [0.4, 0.5) is 4.39 Å². The van der Waals surface area contributed by atoms with Gasteiger partial charge in [-0.15, -0.1) is 0 Å². The van der Waals surface area contributed by atoms with Gasteiger partial charge in [0.2, 0.25) is 0 Å². The molecule has 0 spiro atoms. The second-order valence-corrected chi connectivity index (χ2v) is 6.30. The van der Waals surface area contributed by atoms with E-state index in [4.69, 9.17) is 0 Å². The summed E-state index contributed by atoms with van der Waals surface area (Å²) in [5.41, 5.74) is 1.04. The van der Waals surface area contributed by atoms with Crippen molar-refractivity contribution in [3.05, 3.63) is 76.6 Å². The molecule has 112 valence electrons. The Hall–Kier alpha value is -2.07. The molecule has 1 N–H and O–H groups in total. The number of benzene rings is 2. The van der Waals surface area contributed by atoms with Crippen LogP contribution >= 0.6 is 11.8 Å². The topological polar surface area (TPSA) is 37.3 Å². The van der Waals surface area contributed by atoms with E-state index in [2.05, 4.69) is 0 Å². The number of aliphatic hydroxyl groups is 1. The fourth-order valence-electron chi connectivity index (χ4n) is 2.59. The number of ketones is 1. The third-order valence-corrected chi connectivity index (χ3v) is 4.92. The molecule has 1 aliphatic carbocycles. The number of rotatable bonds is 3. The molecule has 0 saturated heterocycles. The molecule has 1 aliphatic rings. The Morgan fingerprint density at radius 3 is 2.36 bits per heavy atom. The van der Waals surface area contributed by atoms with Crippen molar-refractivity contribution in [3.63, 3.8) is 0 Å². The van der Waals surface area contributed by atoms with E-state index >= 15 is 0 Å². The molecule has 2 aromatic carbocycles. The largest absolute Gasteiger partial charge is 0.511 e. The molecule has 1 unspecified atom stereocenters. The van der Waals surface area contributed by atoms with Gasteiger partial charge in [0.05, 0.1) is 4.91 Å². The van der Waals surface area contributed by atoms with Crippen LogP contribution in [0, 0.1) is 5.82 Å². The first kappa shape index (κ1) is 14.9. The number of Topliss-reactive ketones (excluding diaryl/α,β-unsaturated/α-hetero) is 1. The third-order valence-electron chi connectivity index (χ3n) is 3.71. The van der Waals surface area contributed by atoms with E-state index in [0.717, 1.165) is 17.3 Å². The monoisotopic (exact) mass is 314 g/mol. The van der Waals surface area contributed by atoms with Crippen LogP contribution in [-0.4, -0.2) is 10.9 Å². The molecule has 0 saturated carbocycles. The van der Waals surface area contributed by atoms with Crippen LogP contribution in [0.15, 0.2) is 70.2 Å². The van der Waals surface area contributed by atoms with Crippen molar-refractivity contribution in [2.24, 2.45) is 0 Å². The molecule has 0 fully saturated rings. The van der Waals surface area contributed by atoms with Gasteiger partial charge in [-0.25, -0.2) is 4.39 Å². The lowest BCUT2D eigenvalue weighted by Crippen LogP contribution is -2.17. The van der Waals surface area contributed by atoms with Crippen LogP contribution in [0.5, 0.6) is 0 Å². The van der Waals surface area contributed by atoms with Crippen LogP contribution in [-0.2, 0) is 4.79 Å². The molecule has 0 radical (unpaired) electrons. The quantitative estimate of drug-likeness (QED) is 0.881. The molecule has 0 aromatic heterocycles. The number of aliphatic hydroxyl groups excluding tert-OH is 1. The lowest BCUT2D eigenvalue weighted by molar-refractivity contribution is -0.115. The Bertz CT molecular complexity index is 725. The first-order valence-electron chi connectivity index (χ1n) is 7.08. The highest BCUT2D eigenvalue weighted by Crippen LogP contribution is 2.40. The van der Waals surface area contributed by atoms with E-state index in [1.807, 2.05) is 30.3 Å². The minimum atomic E-state index is -0.384. The first-order valence-corrected chi connectivity index (χ1v) is 7.89. The minimum Gasteiger partial charge on any atom is -0.511 e. The van der Waals surface area contributed by atoms with Crippen LogP contribution in [0.25, 0.3) is 0 Å². The lowest BCUT2D eigenvalue weighted by atomic mass is 9.86. The Morgan fingerprint density at radius 1 is 1.00 bits per heavy atom. The number of allylic oxidation sites excluding steroid dienone is 2. The van der Waals surface area contributed by atoms with Gasteiger partial charge in [0, 0.05) is 17.7 Å². The third kappa shape index (κ3) is 3.07. The van der Waals surface area contributed by atoms with Crippen molar-refractivity contribution in [2.75, 3.05) is 0 Å². The first-order chi connectivity index (χ1) is 10.6. The van der Waals surface area contributed by atoms with Gasteiger partial charge in [0.15, 0.2) is 5.78 Å². The van der Waals surface area contributed by atoms with Gasteiger partial charge >= 0.3 is 0 Å². The zero-order chi connectivity index (χ0) is 15.5. The maximum absolute atomic E-state index is 13.7. The fourth-order valence-corrected chi connectivity index (χ4v) is 3.52. The van der Waals surface area contributed by atoms with Gasteiger partial charge in [-0.1, -0.05) is 54.2 Å². The molecule has 0 amide bonds. The summed E-state index contributed by atoms with van der Waals surface area (Å²) < 4.78 is 13.7. The van der Waals surface area contributed by atoms with Gasteiger partial charge in [-0.2, -0.15) is 0 Å². The smallest absolute Gasteiger partial charge is 0.173 e. The van der Waals surface area contributed by atoms with Gasteiger partial charge in [0.25, 0.3) is 0 Å².